The summed E-state index contributed by atoms with van der Waals surface area (Å²) in [7, 11) is 0. The van der Waals surface area contributed by atoms with Gasteiger partial charge in [0.2, 0.25) is 5.90 Å². The highest BCUT2D eigenvalue weighted by Gasteiger charge is 2.52. The molecule has 192 valence electrons. The van der Waals surface area contributed by atoms with Gasteiger partial charge in [0, 0.05) is 31.6 Å². The molecule has 0 spiro atoms. The number of aliphatic imine (C=N–C) groups is 1. The lowest BCUT2D eigenvalue weighted by Gasteiger charge is -2.29. The fourth-order valence-corrected chi connectivity index (χ4v) is 4.27. The van der Waals surface area contributed by atoms with Crippen LogP contribution in [-0.4, -0.2) is 42.2 Å². The zero-order valence-corrected chi connectivity index (χ0v) is 20.8. The van der Waals surface area contributed by atoms with Crippen LogP contribution in [0.1, 0.15) is 35.6 Å². The standard InChI is InChI=1S/C30H33N3O4/c1-2-19-30(29(35)33-31-20-18-23-10-5-3-6-11-23)27(24-12-7-4-8-13-24)37-28(32-30)25-14-16-26(17-15-25)36-22-9-21-34/h2-8,10-17,27,31,34H,1,9,18-22H2,(H,33,35)/t27-,30-/m0/s1. The molecule has 37 heavy (non-hydrogen) atoms. The number of nitrogens with one attached hydrogen (secondary N) is 2. The molecule has 0 saturated carbocycles. The van der Waals surface area contributed by atoms with E-state index in [0.29, 0.717) is 37.6 Å². The van der Waals surface area contributed by atoms with Crippen LogP contribution >= 0.6 is 0 Å². The van der Waals surface area contributed by atoms with E-state index in [1.807, 2.05) is 72.8 Å². The summed E-state index contributed by atoms with van der Waals surface area (Å²) in [5.74, 6) is 0.790. The molecule has 1 heterocycles. The fourth-order valence-electron chi connectivity index (χ4n) is 4.27. The molecule has 1 amide bonds. The van der Waals surface area contributed by atoms with E-state index >= 15 is 0 Å². The summed E-state index contributed by atoms with van der Waals surface area (Å²) in [5.41, 5.74) is 7.47. The normalized spacial score (nSPS) is 18.5. The van der Waals surface area contributed by atoms with Crippen LogP contribution in [0.5, 0.6) is 5.75 Å². The predicted octanol–water partition coefficient (Wildman–Crippen LogP) is 4.14. The van der Waals surface area contributed by atoms with E-state index in [-0.39, 0.29) is 12.5 Å². The first-order valence-electron chi connectivity index (χ1n) is 12.5. The molecular formula is C30H33N3O4. The average molecular weight is 500 g/mol. The van der Waals surface area contributed by atoms with Gasteiger partial charge < -0.3 is 14.6 Å². The minimum Gasteiger partial charge on any atom is -0.494 e. The molecule has 7 nitrogen and oxygen atoms in total. The van der Waals surface area contributed by atoms with Crippen molar-refractivity contribution in [1.82, 2.24) is 10.9 Å². The van der Waals surface area contributed by atoms with Crippen LogP contribution in [0.2, 0.25) is 0 Å². The quantitative estimate of drug-likeness (QED) is 0.187. The molecule has 3 aromatic rings. The zero-order chi connectivity index (χ0) is 25.9. The van der Waals surface area contributed by atoms with Crippen LogP contribution in [0, 0.1) is 0 Å². The van der Waals surface area contributed by atoms with Crippen LogP contribution in [0.25, 0.3) is 0 Å². The van der Waals surface area contributed by atoms with Gasteiger partial charge in [-0.05, 0) is 41.8 Å². The van der Waals surface area contributed by atoms with Crippen molar-refractivity contribution < 1.29 is 19.4 Å². The third-order valence-electron chi connectivity index (χ3n) is 6.17. The van der Waals surface area contributed by atoms with E-state index in [1.54, 1.807) is 6.08 Å². The number of hydrazine groups is 1. The number of rotatable bonds is 13. The Morgan fingerprint density at radius 3 is 2.43 bits per heavy atom. The summed E-state index contributed by atoms with van der Waals surface area (Å²) in [6, 6.07) is 27.1. The van der Waals surface area contributed by atoms with Crippen LogP contribution in [0.15, 0.2) is 103 Å². The molecule has 0 saturated heterocycles. The van der Waals surface area contributed by atoms with Gasteiger partial charge in [-0.1, -0.05) is 66.7 Å². The Bertz CT molecular complexity index is 1180. The summed E-state index contributed by atoms with van der Waals surface area (Å²) >= 11 is 0. The topological polar surface area (TPSA) is 92.2 Å². The maximum absolute atomic E-state index is 13.7. The van der Waals surface area contributed by atoms with Gasteiger partial charge in [0.25, 0.3) is 5.91 Å². The second-order valence-electron chi connectivity index (χ2n) is 8.81. The minimum absolute atomic E-state index is 0.0815. The van der Waals surface area contributed by atoms with Crippen LogP contribution in [0.4, 0.5) is 0 Å². The van der Waals surface area contributed by atoms with E-state index in [4.69, 9.17) is 19.6 Å². The Morgan fingerprint density at radius 1 is 1.05 bits per heavy atom. The van der Waals surface area contributed by atoms with Crippen LogP contribution in [-0.2, 0) is 16.0 Å². The molecule has 0 aliphatic carbocycles. The maximum Gasteiger partial charge on any atom is 0.266 e. The van der Waals surface area contributed by atoms with E-state index in [1.165, 1.54) is 5.56 Å². The lowest BCUT2D eigenvalue weighted by atomic mass is 9.84. The maximum atomic E-state index is 13.7. The number of aliphatic hydroxyl groups is 1. The van der Waals surface area contributed by atoms with Crippen molar-refractivity contribution in [2.45, 2.75) is 30.9 Å². The molecule has 2 atom stereocenters. The number of hydrogen-bond acceptors (Lipinski definition) is 6. The van der Waals surface area contributed by atoms with Crippen molar-refractivity contribution in [2.24, 2.45) is 4.99 Å². The van der Waals surface area contributed by atoms with Crippen molar-refractivity contribution >= 4 is 11.8 Å². The molecular weight excluding hydrogens is 466 g/mol. The van der Waals surface area contributed by atoms with E-state index in [9.17, 15) is 4.79 Å². The first kappa shape index (κ1) is 26.1. The van der Waals surface area contributed by atoms with Gasteiger partial charge in [-0.2, -0.15) is 0 Å². The van der Waals surface area contributed by atoms with E-state index in [0.717, 1.165) is 17.5 Å². The van der Waals surface area contributed by atoms with Gasteiger partial charge >= 0.3 is 0 Å². The molecule has 0 bridgehead atoms. The molecule has 1 aliphatic rings. The van der Waals surface area contributed by atoms with Gasteiger partial charge in [0.05, 0.1) is 6.61 Å². The molecule has 4 rings (SSSR count). The second-order valence-corrected chi connectivity index (χ2v) is 8.81. The molecule has 0 fully saturated rings. The van der Waals surface area contributed by atoms with Crippen molar-refractivity contribution in [3.63, 3.8) is 0 Å². The van der Waals surface area contributed by atoms with E-state index in [2.05, 4.69) is 29.6 Å². The number of aliphatic hydroxyl groups excluding tert-OH is 1. The number of amides is 1. The Kier molecular flexibility index (Phi) is 9.08. The van der Waals surface area contributed by atoms with Gasteiger partial charge in [-0.15, -0.1) is 6.58 Å². The molecule has 0 radical (unpaired) electrons. The third-order valence-corrected chi connectivity index (χ3v) is 6.17. The van der Waals surface area contributed by atoms with Crippen LogP contribution < -0.4 is 15.6 Å². The second kappa shape index (κ2) is 12.9. The summed E-state index contributed by atoms with van der Waals surface area (Å²) in [6.45, 7) is 4.99. The molecule has 0 aromatic heterocycles. The van der Waals surface area contributed by atoms with Gasteiger partial charge in [0.1, 0.15) is 5.75 Å². The van der Waals surface area contributed by atoms with E-state index < -0.39 is 11.6 Å². The molecule has 7 heteroatoms. The van der Waals surface area contributed by atoms with Gasteiger partial charge in [-0.3, -0.25) is 10.2 Å². The highest BCUT2D eigenvalue weighted by Crippen LogP contribution is 2.42. The molecule has 1 aliphatic heterocycles. The zero-order valence-electron chi connectivity index (χ0n) is 20.8. The van der Waals surface area contributed by atoms with Crippen LogP contribution in [0.3, 0.4) is 0 Å². The predicted molar refractivity (Wildman–Crippen MR) is 144 cm³/mol. The number of hydrogen-bond donors (Lipinski definition) is 3. The smallest absolute Gasteiger partial charge is 0.266 e. The molecule has 3 N–H and O–H groups in total. The number of nitrogens with zero attached hydrogens (tertiary/aromatic N) is 1. The number of ether oxygens (including phenoxy) is 2. The lowest BCUT2D eigenvalue weighted by molar-refractivity contribution is -0.129. The first-order chi connectivity index (χ1) is 18.2. The third kappa shape index (κ3) is 6.44. The van der Waals surface area contributed by atoms with Crippen molar-refractivity contribution in [2.75, 3.05) is 19.8 Å². The fraction of sp³-hybridized carbons (Fsp3) is 0.267. The largest absolute Gasteiger partial charge is 0.494 e. The monoisotopic (exact) mass is 499 g/mol. The highest BCUT2D eigenvalue weighted by molar-refractivity contribution is 6.01. The van der Waals surface area contributed by atoms with Crippen molar-refractivity contribution in [3.8, 4) is 5.75 Å². The lowest BCUT2D eigenvalue weighted by Crippen LogP contribution is -2.52. The summed E-state index contributed by atoms with van der Waals surface area (Å²) in [5, 5.41) is 8.95. The van der Waals surface area contributed by atoms with Crippen molar-refractivity contribution in [1.29, 1.82) is 0 Å². The Morgan fingerprint density at radius 2 is 1.76 bits per heavy atom. The Hall–Kier alpha value is -3.94. The van der Waals surface area contributed by atoms with Crippen molar-refractivity contribution in [3.05, 3.63) is 114 Å². The Labute approximate surface area is 217 Å². The molecule has 3 aromatic carbocycles. The summed E-state index contributed by atoms with van der Waals surface area (Å²) < 4.78 is 12.0. The van der Waals surface area contributed by atoms with Gasteiger partial charge in [0.15, 0.2) is 11.6 Å². The SMILES string of the molecule is C=CC[C@]1(C(=O)NNCCc2ccccc2)N=C(c2ccc(OCCCO)cc2)O[C@H]1c1ccccc1. The number of carbonyl (C=O) groups excluding carboxylic acids is 1. The minimum atomic E-state index is -1.23. The number of carbonyl (C=O) groups is 1. The molecule has 0 unspecified atom stereocenters. The highest BCUT2D eigenvalue weighted by atomic mass is 16.5. The first-order valence-corrected chi connectivity index (χ1v) is 12.5. The summed E-state index contributed by atoms with van der Waals surface area (Å²) in [6.07, 6.45) is 2.71. The number of benzene rings is 3. The summed E-state index contributed by atoms with van der Waals surface area (Å²) in [4.78, 5) is 18.6. The average Bonchev–Trinajstić information content (AvgIpc) is 3.33. The Balaban J connectivity index is 1.55. The van der Waals surface area contributed by atoms with Gasteiger partial charge in [-0.25, -0.2) is 10.4 Å².